The maximum atomic E-state index is 14.2. The summed E-state index contributed by atoms with van der Waals surface area (Å²) in [7, 11) is 0. The highest BCUT2D eigenvalue weighted by Crippen LogP contribution is 2.44. The number of benzene rings is 1. The van der Waals surface area contributed by atoms with Gasteiger partial charge in [-0.2, -0.15) is 4.37 Å². The average molecular weight is 824 g/mol. The highest BCUT2D eigenvalue weighted by molar-refractivity contribution is 7.10. The number of nitrogens with zero attached hydrogens (tertiary/aromatic N) is 8. The number of rotatable bonds is 9. The third-order valence-corrected chi connectivity index (χ3v) is 14.1. The monoisotopic (exact) mass is 823 g/mol. The first-order valence-corrected chi connectivity index (χ1v) is 21.5. The fourth-order valence-electron chi connectivity index (χ4n) is 9.97. The zero-order valence-electron chi connectivity index (χ0n) is 33.2. The lowest BCUT2D eigenvalue weighted by molar-refractivity contribution is -0.140. The van der Waals surface area contributed by atoms with Gasteiger partial charge in [0.2, 0.25) is 17.7 Å². The van der Waals surface area contributed by atoms with Crippen LogP contribution in [-0.4, -0.2) is 129 Å². The molecule has 0 saturated carbocycles. The number of nitrogens with two attached hydrogens (primary N) is 1. The quantitative estimate of drug-likeness (QED) is 0.266. The molecule has 310 valence electrons. The van der Waals surface area contributed by atoms with Gasteiger partial charge in [0.05, 0.1) is 28.4 Å². The molecule has 0 bridgehead atoms. The number of anilines is 4. The maximum absolute atomic E-state index is 14.2. The second-order valence-electron chi connectivity index (χ2n) is 16.9. The first-order chi connectivity index (χ1) is 28.5. The molecule has 2 aromatic heterocycles. The molecule has 9 rings (SSSR count). The molecule has 2 unspecified atom stereocenters. The zero-order chi connectivity index (χ0) is 41.0. The molecule has 5 fully saturated rings. The first-order valence-electron chi connectivity index (χ1n) is 20.7. The van der Waals surface area contributed by atoms with Gasteiger partial charge < -0.3 is 30.7 Å². The largest absolute Gasteiger partial charge is 0.371 e. The van der Waals surface area contributed by atoms with E-state index in [0.29, 0.717) is 35.2 Å². The van der Waals surface area contributed by atoms with Crippen LogP contribution in [0.1, 0.15) is 94.7 Å². The van der Waals surface area contributed by atoms with E-state index in [1.165, 1.54) is 11.5 Å². The van der Waals surface area contributed by atoms with Crippen LogP contribution in [-0.2, 0) is 14.4 Å². The number of primary amides is 1. The molecule has 6 aliphatic heterocycles. The molecular weight excluding hydrogens is 775 g/mol. The van der Waals surface area contributed by atoms with Gasteiger partial charge in [0.1, 0.15) is 16.9 Å². The third kappa shape index (κ3) is 7.40. The van der Waals surface area contributed by atoms with E-state index >= 15 is 0 Å². The van der Waals surface area contributed by atoms with Gasteiger partial charge in [-0.1, -0.05) is 0 Å². The number of carbonyl (C=O) groups excluding carboxylic acids is 6. The Kier molecular flexibility index (Phi) is 10.3. The number of nitrogens with one attached hydrogen (secondary N) is 2. The predicted octanol–water partition coefficient (Wildman–Crippen LogP) is 2.69. The van der Waals surface area contributed by atoms with Gasteiger partial charge in [0, 0.05) is 57.4 Å². The minimum absolute atomic E-state index is 0.0676. The SMILES string of the molecule is Cc1cc(Nc2nc(N3CCCC(N4CCC5(CCN(CC6CCN(c7ccc8c(c7)C(=O)N(C7CCC(=O)NC7=O)C8=O)CC6)CC5)C4=O)C3)cnc2C(N)=O)sn1. The fraction of sp³-hybridized carbons (Fsp3) is 0.537. The van der Waals surface area contributed by atoms with Gasteiger partial charge >= 0.3 is 0 Å². The van der Waals surface area contributed by atoms with Gasteiger partial charge in [-0.05, 0) is 113 Å². The molecule has 4 N–H and O–H groups in total. The predicted molar refractivity (Wildman–Crippen MR) is 218 cm³/mol. The molecular formula is C41H49N11O6S. The third-order valence-electron chi connectivity index (χ3n) is 13.3. The number of fused-ring (bicyclic) bond motifs is 1. The molecule has 18 heteroatoms. The number of hydrogen-bond acceptors (Lipinski definition) is 14. The summed E-state index contributed by atoms with van der Waals surface area (Å²) < 4.78 is 4.30. The summed E-state index contributed by atoms with van der Waals surface area (Å²) in [6.07, 6.45) is 8.26. The lowest BCUT2D eigenvalue weighted by Gasteiger charge is -2.42. The first kappa shape index (κ1) is 39.0. The molecule has 1 aromatic carbocycles. The molecule has 17 nitrogen and oxygen atoms in total. The maximum Gasteiger partial charge on any atom is 0.271 e. The van der Waals surface area contributed by atoms with E-state index in [4.69, 9.17) is 10.7 Å². The van der Waals surface area contributed by atoms with Gasteiger partial charge in [0.25, 0.3) is 17.7 Å². The number of aromatic nitrogens is 3. The topological polar surface area (TPSA) is 207 Å². The highest BCUT2D eigenvalue weighted by atomic mass is 32.1. The fourth-order valence-corrected chi connectivity index (χ4v) is 10.6. The number of imide groups is 2. The van der Waals surface area contributed by atoms with E-state index in [2.05, 4.69) is 39.6 Å². The lowest BCUT2D eigenvalue weighted by Crippen LogP contribution is -2.54. The minimum Gasteiger partial charge on any atom is -0.371 e. The van der Waals surface area contributed by atoms with Gasteiger partial charge in [0.15, 0.2) is 11.5 Å². The molecule has 1 spiro atoms. The molecule has 3 aromatic rings. The van der Waals surface area contributed by atoms with Crippen molar-refractivity contribution < 1.29 is 28.8 Å². The Balaban J connectivity index is 0.764. The van der Waals surface area contributed by atoms with Crippen molar-refractivity contribution in [2.24, 2.45) is 17.1 Å². The van der Waals surface area contributed by atoms with Crippen LogP contribution in [0.3, 0.4) is 0 Å². The van der Waals surface area contributed by atoms with Crippen LogP contribution >= 0.6 is 11.5 Å². The lowest BCUT2D eigenvalue weighted by atomic mass is 9.76. The van der Waals surface area contributed by atoms with E-state index in [9.17, 15) is 28.8 Å². The number of carbonyl (C=O) groups is 6. The Morgan fingerprint density at radius 2 is 1.69 bits per heavy atom. The molecule has 0 aliphatic carbocycles. The van der Waals surface area contributed by atoms with Crippen LogP contribution in [0.15, 0.2) is 30.5 Å². The van der Waals surface area contributed by atoms with Crippen molar-refractivity contribution in [3.05, 3.63) is 53.0 Å². The minimum atomic E-state index is -0.980. The summed E-state index contributed by atoms with van der Waals surface area (Å²) in [5, 5.41) is 6.16. The normalized spacial score (nSPS) is 24.0. The van der Waals surface area contributed by atoms with E-state index in [1.807, 2.05) is 19.1 Å². The average Bonchev–Trinajstić information content (AvgIpc) is 3.87. The zero-order valence-corrected chi connectivity index (χ0v) is 34.0. The Morgan fingerprint density at radius 1 is 0.932 bits per heavy atom. The van der Waals surface area contributed by atoms with Gasteiger partial charge in [-0.25, -0.2) is 9.97 Å². The molecule has 0 radical (unpaired) electrons. The summed E-state index contributed by atoms with van der Waals surface area (Å²) in [6.45, 7) is 8.54. The van der Waals surface area contributed by atoms with Crippen LogP contribution in [0, 0.1) is 18.3 Å². The number of piperidine rings is 4. The van der Waals surface area contributed by atoms with E-state index < -0.39 is 35.6 Å². The van der Waals surface area contributed by atoms with Crippen molar-refractivity contribution in [3.63, 3.8) is 0 Å². The van der Waals surface area contributed by atoms with E-state index in [-0.39, 0.29) is 35.9 Å². The van der Waals surface area contributed by atoms with Crippen LogP contribution in [0.25, 0.3) is 0 Å². The van der Waals surface area contributed by atoms with Crippen molar-refractivity contribution in [2.75, 3.05) is 67.5 Å². The molecule has 2 atom stereocenters. The van der Waals surface area contributed by atoms with E-state index in [1.54, 1.807) is 18.3 Å². The summed E-state index contributed by atoms with van der Waals surface area (Å²) >= 11 is 1.27. The van der Waals surface area contributed by atoms with E-state index in [0.717, 1.165) is 112 Å². The van der Waals surface area contributed by atoms with Crippen molar-refractivity contribution in [1.29, 1.82) is 0 Å². The second-order valence-corrected chi connectivity index (χ2v) is 17.7. The molecule has 5 saturated heterocycles. The van der Waals surface area contributed by atoms with Crippen molar-refractivity contribution >= 4 is 69.3 Å². The van der Waals surface area contributed by atoms with Crippen molar-refractivity contribution in [1.82, 2.24) is 34.4 Å². The smallest absolute Gasteiger partial charge is 0.271 e. The van der Waals surface area contributed by atoms with Crippen LogP contribution < -0.4 is 26.2 Å². The van der Waals surface area contributed by atoms with Gasteiger partial charge in [-0.15, -0.1) is 0 Å². The highest BCUT2D eigenvalue weighted by Gasteiger charge is 2.50. The number of amides is 6. The van der Waals surface area contributed by atoms with Crippen LogP contribution in [0.4, 0.5) is 22.3 Å². The summed E-state index contributed by atoms with van der Waals surface area (Å²) in [6, 6.07) is 6.31. The van der Waals surface area contributed by atoms with Crippen molar-refractivity contribution in [2.45, 2.75) is 76.8 Å². The van der Waals surface area contributed by atoms with Crippen LogP contribution in [0.2, 0.25) is 0 Å². The molecule has 6 aliphatic rings. The second kappa shape index (κ2) is 15.6. The standard InChI is InChI=1S/C41H49N11O6S/c1-24-19-33(59-47-24)46-36-34(35(42)54)43-21-31(44-36)50-13-2-3-27(23-50)51-18-12-41(40(51)58)10-16-48(17-11-41)22-25-8-14-49(15-9-25)26-4-5-28-29(20-26)39(57)52(38(28)56)30-6-7-32(53)45-37(30)55/h4-5,19-21,25,27,30H,2-3,6-18,22-23H2,1H3,(H2,42,54)(H,44,46)(H,45,53,55). The Hall–Kier alpha value is -5.49. The molecule has 8 heterocycles. The van der Waals surface area contributed by atoms with Crippen LogP contribution in [0.5, 0.6) is 0 Å². The summed E-state index contributed by atoms with van der Waals surface area (Å²) in [5.41, 5.74) is 7.72. The number of aryl methyl sites for hydroxylation is 1. The van der Waals surface area contributed by atoms with Crippen molar-refractivity contribution in [3.8, 4) is 0 Å². The number of hydrogen-bond donors (Lipinski definition) is 3. The Bertz CT molecular complexity index is 2210. The Labute approximate surface area is 345 Å². The molecule has 59 heavy (non-hydrogen) atoms. The summed E-state index contributed by atoms with van der Waals surface area (Å²) in [5.74, 6) is -0.911. The van der Waals surface area contributed by atoms with Gasteiger partial charge in [-0.3, -0.25) is 39.0 Å². The Morgan fingerprint density at radius 3 is 2.42 bits per heavy atom. The molecule has 6 amide bonds. The number of likely N-dealkylation sites (tertiary alicyclic amines) is 2. The summed E-state index contributed by atoms with van der Waals surface area (Å²) in [4.78, 5) is 96.3.